The second-order valence-electron chi connectivity index (χ2n) is 3.52. The van der Waals surface area contributed by atoms with E-state index in [4.69, 9.17) is 0 Å². The van der Waals surface area contributed by atoms with Crippen LogP contribution in [0.5, 0.6) is 0 Å². The third-order valence-corrected chi connectivity index (χ3v) is 3.62. The van der Waals surface area contributed by atoms with Crippen LogP contribution in [0.4, 0.5) is 8.78 Å². The molecule has 4 heteroatoms. The van der Waals surface area contributed by atoms with E-state index in [2.05, 4.69) is 11.6 Å². The van der Waals surface area contributed by atoms with Crippen LogP contribution in [0.15, 0.2) is 0 Å². The van der Waals surface area contributed by atoms with E-state index in [-0.39, 0.29) is 6.54 Å². The molecule has 0 aromatic carbocycles. The normalized spacial score (nSPS) is 29.5. The molecular formula is C9H17F2NS. The fourth-order valence-electron chi connectivity index (χ4n) is 1.80. The van der Waals surface area contributed by atoms with Gasteiger partial charge in [-0.3, -0.25) is 0 Å². The molecule has 1 N–H and O–H groups in total. The van der Waals surface area contributed by atoms with E-state index in [1.54, 1.807) is 0 Å². The molecule has 13 heavy (non-hydrogen) atoms. The Morgan fingerprint density at radius 2 is 2.23 bits per heavy atom. The van der Waals surface area contributed by atoms with Gasteiger partial charge < -0.3 is 5.32 Å². The number of rotatable bonds is 4. The standard InChI is InChI=1S/C9H17F2NS/c1-13-8-4-2-3-7(5-8)12-6-9(10)11/h7-9,12H,2-6H2,1H3. The Hall–Kier alpha value is 0.170. The molecule has 2 atom stereocenters. The van der Waals surface area contributed by atoms with Gasteiger partial charge in [-0.05, 0) is 25.5 Å². The lowest BCUT2D eigenvalue weighted by molar-refractivity contribution is 0.138. The first-order chi connectivity index (χ1) is 6.22. The average Bonchev–Trinajstić information content (AvgIpc) is 2.15. The topological polar surface area (TPSA) is 12.0 Å². The van der Waals surface area contributed by atoms with Crippen molar-refractivity contribution in [2.75, 3.05) is 12.8 Å². The first-order valence-corrected chi connectivity index (χ1v) is 6.05. The van der Waals surface area contributed by atoms with E-state index in [1.165, 1.54) is 12.8 Å². The highest BCUT2D eigenvalue weighted by molar-refractivity contribution is 7.99. The van der Waals surface area contributed by atoms with Gasteiger partial charge in [0.25, 0.3) is 6.43 Å². The summed E-state index contributed by atoms with van der Waals surface area (Å²) in [6.07, 6.45) is 4.41. The Kier molecular flexibility index (Phi) is 5.02. The third kappa shape index (κ3) is 4.27. The van der Waals surface area contributed by atoms with Gasteiger partial charge in [0.2, 0.25) is 0 Å². The summed E-state index contributed by atoms with van der Waals surface area (Å²) in [6, 6.07) is 0.320. The molecule has 0 aromatic heterocycles. The summed E-state index contributed by atoms with van der Waals surface area (Å²) in [5.74, 6) is 0. The lowest BCUT2D eigenvalue weighted by Crippen LogP contribution is -2.37. The number of thioether (sulfide) groups is 1. The van der Waals surface area contributed by atoms with Gasteiger partial charge in [0.05, 0.1) is 6.54 Å². The van der Waals surface area contributed by atoms with Crippen LogP contribution in [-0.4, -0.2) is 30.5 Å². The van der Waals surface area contributed by atoms with Crippen molar-refractivity contribution < 1.29 is 8.78 Å². The van der Waals surface area contributed by atoms with Gasteiger partial charge >= 0.3 is 0 Å². The predicted octanol–water partition coefficient (Wildman–Crippen LogP) is 2.52. The highest BCUT2D eigenvalue weighted by atomic mass is 32.2. The summed E-state index contributed by atoms with van der Waals surface area (Å²) in [5, 5.41) is 3.59. The molecule has 2 unspecified atom stereocenters. The van der Waals surface area contributed by atoms with Gasteiger partial charge in [-0.2, -0.15) is 11.8 Å². The Morgan fingerprint density at radius 1 is 1.46 bits per heavy atom. The molecule has 0 aromatic rings. The highest BCUT2D eigenvalue weighted by Gasteiger charge is 2.21. The molecule has 0 heterocycles. The van der Waals surface area contributed by atoms with Gasteiger partial charge in [0.1, 0.15) is 0 Å². The number of hydrogen-bond acceptors (Lipinski definition) is 2. The molecule has 0 spiro atoms. The molecule has 1 aliphatic rings. The lowest BCUT2D eigenvalue weighted by atomic mass is 9.95. The molecule has 1 saturated carbocycles. The molecule has 0 amide bonds. The lowest BCUT2D eigenvalue weighted by Gasteiger charge is -2.28. The van der Waals surface area contributed by atoms with E-state index in [0.717, 1.165) is 12.8 Å². The second kappa shape index (κ2) is 5.81. The van der Waals surface area contributed by atoms with Crippen LogP contribution in [0.1, 0.15) is 25.7 Å². The summed E-state index contributed by atoms with van der Waals surface area (Å²) in [4.78, 5) is 0. The smallest absolute Gasteiger partial charge is 0.250 e. The van der Waals surface area contributed by atoms with Crippen molar-refractivity contribution >= 4 is 11.8 Å². The largest absolute Gasteiger partial charge is 0.309 e. The maximum atomic E-state index is 11.9. The maximum absolute atomic E-state index is 11.9. The van der Waals surface area contributed by atoms with E-state index >= 15 is 0 Å². The van der Waals surface area contributed by atoms with Crippen LogP contribution in [0.2, 0.25) is 0 Å². The quantitative estimate of drug-likeness (QED) is 0.763. The number of halogens is 2. The van der Waals surface area contributed by atoms with Gasteiger partial charge in [-0.25, -0.2) is 8.78 Å². The number of alkyl halides is 2. The van der Waals surface area contributed by atoms with E-state index in [9.17, 15) is 8.78 Å². The minimum Gasteiger partial charge on any atom is -0.309 e. The van der Waals surface area contributed by atoms with Crippen LogP contribution in [0.3, 0.4) is 0 Å². The first kappa shape index (κ1) is 11.2. The minimum atomic E-state index is -2.21. The molecule has 0 bridgehead atoms. The van der Waals surface area contributed by atoms with Crippen molar-refractivity contribution in [2.45, 2.75) is 43.4 Å². The van der Waals surface area contributed by atoms with Crippen LogP contribution in [0, 0.1) is 0 Å². The predicted molar refractivity (Wildman–Crippen MR) is 53.6 cm³/mol. The molecule has 0 aliphatic heterocycles. The zero-order chi connectivity index (χ0) is 9.68. The summed E-state index contributed by atoms with van der Waals surface area (Å²) >= 11 is 1.86. The van der Waals surface area contributed by atoms with Gasteiger partial charge in [-0.1, -0.05) is 6.42 Å². The Balaban J connectivity index is 2.18. The molecule has 1 nitrogen and oxygen atoms in total. The third-order valence-electron chi connectivity index (χ3n) is 2.52. The Morgan fingerprint density at radius 3 is 2.85 bits per heavy atom. The minimum absolute atomic E-state index is 0.147. The van der Waals surface area contributed by atoms with E-state index in [0.29, 0.717) is 11.3 Å². The van der Waals surface area contributed by atoms with Gasteiger partial charge in [0.15, 0.2) is 0 Å². The van der Waals surface area contributed by atoms with E-state index < -0.39 is 6.43 Å². The average molecular weight is 209 g/mol. The van der Waals surface area contributed by atoms with Crippen LogP contribution in [-0.2, 0) is 0 Å². The van der Waals surface area contributed by atoms with Crippen molar-refractivity contribution in [3.63, 3.8) is 0 Å². The van der Waals surface area contributed by atoms with Crippen LogP contribution < -0.4 is 5.32 Å². The summed E-state index contributed by atoms with van der Waals surface area (Å²) < 4.78 is 23.8. The fraction of sp³-hybridized carbons (Fsp3) is 1.00. The SMILES string of the molecule is CSC1CCCC(NCC(F)F)C1. The van der Waals surface area contributed by atoms with Gasteiger partial charge in [0, 0.05) is 11.3 Å². The number of hydrogen-bond donors (Lipinski definition) is 1. The van der Waals surface area contributed by atoms with Crippen molar-refractivity contribution in [2.24, 2.45) is 0 Å². The summed E-state index contributed by atoms with van der Waals surface area (Å²) in [5.41, 5.74) is 0. The van der Waals surface area contributed by atoms with Crippen molar-refractivity contribution in [3.05, 3.63) is 0 Å². The molecule has 0 radical (unpaired) electrons. The fourth-order valence-corrected chi connectivity index (χ4v) is 2.63. The van der Waals surface area contributed by atoms with Crippen LogP contribution >= 0.6 is 11.8 Å². The van der Waals surface area contributed by atoms with Crippen LogP contribution in [0.25, 0.3) is 0 Å². The van der Waals surface area contributed by atoms with Crippen molar-refractivity contribution in [3.8, 4) is 0 Å². The van der Waals surface area contributed by atoms with Gasteiger partial charge in [-0.15, -0.1) is 0 Å². The Labute approximate surface area is 82.7 Å². The number of nitrogens with one attached hydrogen (secondary N) is 1. The van der Waals surface area contributed by atoms with Crippen molar-refractivity contribution in [1.29, 1.82) is 0 Å². The zero-order valence-electron chi connectivity index (χ0n) is 7.93. The zero-order valence-corrected chi connectivity index (χ0v) is 8.75. The van der Waals surface area contributed by atoms with E-state index in [1.807, 2.05) is 11.8 Å². The first-order valence-electron chi connectivity index (χ1n) is 4.76. The molecule has 78 valence electrons. The molecule has 1 rings (SSSR count). The molecule has 1 fully saturated rings. The molecule has 1 aliphatic carbocycles. The molecular weight excluding hydrogens is 192 g/mol. The monoisotopic (exact) mass is 209 g/mol. The van der Waals surface area contributed by atoms with Crippen molar-refractivity contribution in [1.82, 2.24) is 5.32 Å². The summed E-state index contributed by atoms with van der Waals surface area (Å²) in [6.45, 7) is -0.147. The highest BCUT2D eigenvalue weighted by Crippen LogP contribution is 2.26. The maximum Gasteiger partial charge on any atom is 0.250 e. The Bertz CT molecular complexity index is 144. The summed E-state index contributed by atoms with van der Waals surface area (Å²) in [7, 11) is 0. The second-order valence-corrected chi connectivity index (χ2v) is 4.66. The molecule has 0 saturated heterocycles.